The molecule has 2 aromatic heterocycles. The number of aromatic amines is 1. The van der Waals surface area contributed by atoms with Gasteiger partial charge >= 0.3 is 5.76 Å². The molecule has 0 fully saturated rings. The minimum absolute atomic E-state index is 0.00308. The summed E-state index contributed by atoms with van der Waals surface area (Å²) in [7, 11) is -4.19. The van der Waals surface area contributed by atoms with Crippen molar-refractivity contribution in [1.29, 1.82) is 0 Å². The number of aromatic nitrogens is 4. The highest BCUT2D eigenvalue weighted by atomic mass is 35.5. The second-order valence-corrected chi connectivity index (χ2v) is 11.8. The Balaban J connectivity index is 1.56. The van der Waals surface area contributed by atoms with Crippen LogP contribution in [0, 0.1) is 5.82 Å². The predicted octanol–water partition coefficient (Wildman–Crippen LogP) is 4.92. The SMILES string of the molecule is CCOc1nn(CC)cc1S(=O)(=O)N1C[C@H](CCc2n[nH]c(=O)o2)Oc2ccc(/C=C(\C)c3c(F)cccc3Cl)cc21. The van der Waals surface area contributed by atoms with Gasteiger partial charge in [0.05, 0.1) is 23.9 Å². The standard InChI is InChI=1S/C28H29ClFN5O6S/c1-4-34-16-24(27(33-34)39-5-2)42(37,38)35-15-19(10-12-25-31-32-28(36)41-25)40-23-11-9-18(14-22(23)35)13-17(3)26-20(29)7-6-8-21(26)30/h6-9,11,13-14,16,19H,4-5,10,12,15H2,1-3H3,(H,32,36)/b17-13+/t19-/m0/s1. The van der Waals surface area contributed by atoms with E-state index < -0.39 is 27.7 Å². The third kappa shape index (κ3) is 5.93. The fourth-order valence-corrected chi connectivity index (χ4v) is 6.61. The molecule has 1 N–H and O–H groups in total. The lowest BCUT2D eigenvalue weighted by Gasteiger charge is -2.35. The third-order valence-electron chi connectivity index (χ3n) is 6.69. The molecule has 0 bridgehead atoms. The summed E-state index contributed by atoms with van der Waals surface area (Å²) in [6.07, 6.45) is 3.14. The number of benzene rings is 2. The monoisotopic (exact) mass is 617 g/mol. The Morgan fingerprint density at radius 1 is 1.29 bits per heavy atom. The van der Waals surface area contributed by atoms with E-state index in [4.69, 9.17) is 25.5 Å². The smallest absolute Gasteiger partial charge is 0.434 e. The Labute approximate surface area is 246 Å². The minimum atomic E-state index is -4.19. The van der Waals surface area contributed by atoms with E-state index in [1.165, 1.54) is 27.3 Å². The lowest BCUT2D eigenvalue weighted by Crippen LogP contribution is -2.43. The molecule has 0 amide bonds. The molecule has 0 radical (unpaired) electrons. The molecular formula is C28H29ClFN5O6S. The Hall–Kier alpha value is -4.10. The van der Waals surface area contributed by atoms with Crippen LogP contribution in [0.3, 0.4) is 0 Å². The quantitative estimate of drug-likeness (QED) is 0.248. The number of fused-ring (bicyclic) bond motifs is 1. The summed E-state index contributed by atoms with van der Waals surface area (Å²) in [5.74, 6) is -0.614. The second-order valence-electron chi connectivity index (χ2n) is 9.56. The second kappa shape index (κ2) is 12.0. The molecule has 42 heavy (non-hydrogen) atoms. The fourth-order valence-electron chi connectivity index (χ4n) is 4.73. The molecule has 1 atom stereocenters. The van der Waals surface area contributed by atoms with Gasteiger partial charge in [-0.3, -0.25) is 8.99 Å². The average Bonchev–Trinajstić information content (AvgIpc) is 3.57. The van der Waals surface area contributed by atoms with Crippen LogP contribution in [0.1, 0.15) is 44.2 Å². The molecule has 0 saturated carbocycles. The molecule has 0 saturated heterocycles. The van der Waals surface area contributed by atoms with Crippen LogP contribution in [0.25, 0.3) is 11.6 Å². The highest BCUT2D eigenvalue weighted by molar-refractivity contribution is 7.93. The summed E-state index contributed by atoms with van der Waals surface area (Å²) in [5.41, 5.74) is 1.73. The molecular weight excluding hydrogens is 589 g/mol. The summed E-state index contributed by atoms with van der Waals surface area (Å²) in [6.45, 7) is 5.95. The molecule has 1 aliphatic heterocycles. The van der Waals surface area contributed by atoms with Gasteiger partial charge in [0.25, 0.3) is 15.9 Å². The first kappa shape index (κ1) is 29.4. The fraction of sp³-hybridized carbons (Fsp3) is 0.321. The normalized spacial score (nSPS) is 15.4. The van der Waals surface area contributed by atoms with Crippen molar-refractivity contribution in [3.8, 4) is 11.6 Å². The van der Waals surface area contributed by atoms with E-state index >= 15 is 0 Å². The maximum Gasteiger partial charge on any atom is 0.434 e. The van der Waals surface area contributed by atoms with Gasteiger partial charge in [0.15, 0.2) is 4.90 Å². The van der Waals surface area contributed by atoms with Gasteiger partial charge in [-0.2, -0.15) is 0 Å². The first-order valence-corrected chi connectivity index (χ1v) is 15.1. The first-order chi connectivity index (χ1) is 20.1. The number of nitrogens with zero attached hydrogens (tertiary/aromatic N) is 4. The van der Waals surface area contributed by atoms with Gasteiger partial charge in [-0.15, -0.1) is 10.2 Å². The molecule has 14 heteroatoms. The van der Waals surface area contributed by atoms with Gasteiger partial charge in [0.2, 0.25) is 5.89 Å². The number of aryl methyl sites for hydroxylation is 2. The lowest BCUT2D eigenvalue weighted by molar-refractivity contribution is 0.186. The zero-order chi connectivity index (χ0) is 30.0. The zero-order valence-electron chi connectivity index (χ0n) is 23.1. The molecule has 11 nitrogen and oxygen atoms in total. The van der Waals surface area contributed by atoms with Crippen molar-refractivity contribution >= 4 is 39.0 Å². The predicted molar refractivity (Wildman–Crippen MR) is 155 cm³/mol. The van der Waals surface area contributed by atoms with Gasteiger partial charge in [0.1, 0.15) is 17.7 Å². The molecule has 1 aliphatic rings. The van der Waals surface area contributed by atoms with Crippen molar-refractivity contribution < 1.29 is 26.7 Å². The van der Waals surface area contributed by atoms with Crippen molar-refractivity contribution in [3.63, 3.8) is 0 Å². The van der Waals surface area contributed by atoms with Gasteiger partial charge in [-0.25, -0.2) is 22.7 Å². The Morgan fingerprint density at radius 2 is 2.10 bits per heavy atom. The van der Waals surface area contributed by atoms with Crippen LogP contribution in [-0.4, -0.2) is 47.7 Å². The average molecular weight is 618 g/mol. The molecule has 222 valence electrons. The van der Waals surface area contributed by atoms with Gasteiger partial charge in [-0.1, -0.05) is 29.8 Å². The van der Waals surface area contributed by atoms with Crippen LogP contribution in [-0.2, 0) is 23.0 Å². The Kier molecular flexibility index (Phi) is 8.41. The number of allylic oxidation sites excluding steroid dienone is 1. The van der Waals surface area contributed by atoms with Gasteiger partial charge in [-0.05, 0) is 62.6 Å². The van der Waals surface area contributed by atoms with E-state index in [0.29, 0.717) is 35.5 Å². The molecule has 4 aromatic rings. The van der Waals surface area contributed by atoms with Crippen LogP contribution in [0.4, 0.5) is 10.1 Å². The highest BCUT2D eigenvalue weighted by Gasteiger charge is 2.38. The zero-order valence-corrected chi connectivity index (χ0v) is 24.7. The number of hydrogen-bond acceptors (Lipinski definition) is 8. The minimum Gasteiger partial charge on any atom is -0.486 e. The molecule has 5 rings (SSSR count). The number of nitrogens with one attached hydrogen (secondary N) is 1. The van der Waals surface area contributed by atoms with Gasteiger partial charge in [0, 0.05) is 24.7 Å². The van der Waals surface area contributed by atoms with E-state index in [2.05, 4.69) is 15.3 Å². The molecule has 0 unspecified atom stereocenters. The summed E-state index contributed by atoms with van der Waals surface area (Å²) < 4.78 is 62.5. The van der Waals surface area contributed by atoms with Crippen LogP contribution in [0.5, 0.6) is 11.6 Å². The van der Waals surface area contributed by atoms with Crippen molar-refractivity contribution in [2.24, 2.45) is 0 Å². The van der Waals surface area contributed by atoms with E-state index in [1.807, 2.05) is 6.92 Å². The molecule has 0 spiro atoms. The van der Waals surface area contributed by atoms with Gasteiger partial charge < -0.3 is 13.9 Å². The molecule has 3 heterocycles. The summed E-state index contributed by atoms with van der Waals surface area (Å²) in [5, 5.41) is 10.6. The Morgan fingerprint density at radius 3 is 2.79 bits per heavy atom. The van der Waals surface area contributed by atoms with Crippen molar-refractivity contribution in [2.75, 3.05) is 17.5 Å². The maximum absolute atomic E-state index is 14.6. The number of anilines is 1. The summed E-state index contributed by atoms with van der Waals surface area (Å²) in [4.78, 5) is 11.3. The number of ether oxygens (including phenoxy) is 2. The van der Waals surface area contributed by atoms with E-state index in [-0.39, 0.29) is 46.8 Å². The Bertz CT molecular complexity index is 1780. The molecule has 2 aromatic carbocycles. The number of halogens is 2. The van der Waals surface area contributed by atoms with Crippen LogP contribution >= 0.6 is 11.6 Å². The van der Waals surface area contributed by atoms with Crippen molar-refractivity contribution in [3.05, 3.63) is 81.0 Å². The number of sulfonamides is 1. The van der Waals surface area contributed by atoms with Crippen molar-refractivity contribution in [2.45, 2.75) is 51.2 Å². The largest absolute Gasteiger partial charge is 0.486 e. The maximum atomic E-state index is 14.6. The van der Waals surface area contributed by atoms with E-state index in [9.17, 15) is 17.6 Å². The summed E-state index contributed by atoms with van der Waals surface area (Å²) >= 11 is 6.26. The number of rotatable bonds is 10. The highest BCUT2D eigenvalue weighted by Crippen LogP contribution is 2.41. The molecule has 0 aliphatic carbocycles. The van der Waals surface area contributed by atoms with Crippen molar-refractivity contribution in [1.82, 2.24) is 20.0 Å². The third-order valence-corrected chi connectivity index (χ3v) is 8.76. The van der Waals surface area contributed by atoms with Crippen LogP contribution < -0.4 is 19.5 Å². The van der Waals surface area contributed by atoms with E-state index in [0.717, 1.165) is 0 Å². The number of H-pyrrole nitrogens is 1. The lowest BCUT2D eigenvalue weighted by atomic mass is 10.0. The van der Waals surface area contributed by atoms with Crippen LogP contribution in [0.2, 0.25) is 5.02 Å². The number of hydrogen-bond donors (Lipinski definition) is 1. The summed E-state index contributed by atoms with van der Waals surface area (Å²) in [6, 6.07) is 9.54. The van der Waals surface area contributed by atoms with Crippen LogP contribution in [0.15, 0.2) is 56.7 Å². The van der Waals surface area contributed by atoms with E-state index in [1.54, 1.807) is 44.2 Å². The first-order valence-electron chi connectivity index (χ1n) is 13.3. The topological polar surface area (TPSA) is 133 Å².